The average Bonchev–Trinajstić information content (AvgIpc) is 2.58. The van der Waals surface area contributed by atoms with Gasteiger partial charge in [0.2, 0.25) is 0 Å². The molecule has 0 saturated carbocycles. The molecule has 7 nitrogen and oxygen atoms in total. The zero-order valence-electron chi connectivity index (χ0n) is 12.6. The van der Waals surface area contributed by atoms with Gasteiger partial charge in [-0.05, 0) is 29.8 Å². The van der Waals surface area contributed by atoms with Crippen molar-refractivity contribution in [3.8, 4) is 0 Å². The first-order valence-electron chi connectivity index (χ1n) is 7.06. The summed E-state index contributed by atoms with van der Waals surface area (Å²) in [7, 11) is -4.07. The molecule has 128 valence electrons. The maximum Gasteiger partial charge on any atom is 0.348 e. The summed E-state index contributed by atoms with van der Waals surface area (Å²) in [5.74, 6) is 0. The van der Waals surface area contributed by atoms with Gasteiger partial charge in [0.15, 0.2) is 0 Å². The third-order valence-electron chi connectivity index (χ3n) is 3.32. The molecule has 0 aliphatic heterocycles. The van der Waals surface area contributed by atoms with Crippen LogP contribution in [-0.4, -0.2) is 18.1 Å². The number of nitrogens with zero attached hydrogens (tertiary/aromatic N) is 1. The lowest BCUT2D eigenvalue weighted by Gasteiger charge is -2.07. The van der Waals surface area contributed by atoms with Crippen LogP contribution in [0, 0.1) is 0 Å². The molecule has 0 radical (unpaired) electrons. The van der Waals surface area contributed by atoms with Gasteiger partial charge in [0.05, 0.1) is 16.3 Å². The minimum absolute atomic E-state index is 0.124. The van der Waals surface area contributed by atoms with Gasteiger partial charge in [0.1, 0.15) is 0 Å². The Morgan fingerprint density at radius 1 is 1.08 bits per heavy atom. The quantitative estimate of drug-likeness (QED) is 0.724. The van der Waals surface area contributed by atoms with Crippen LogP contribution in [0.5, 0.6) is 0 Å². The molecule has 1 aromatic heterocycles. The average molecular weight is 378 g/mol. The number of aromatic amines is 1. The summed E-state index contributed by atoms with van der Waals surface area (Å²) in [6.45, 7) is 0. The molecule has 0 atom stereocenters. The Bertz CT molecular complexity index is 1180. The van der Waals surface area contributed by atoms with E-state index in [9.17, 15) is 18.0 Å². The Hall–Kier alpha value is -2.84. The molecular formula is C16H12ClN3O4S. The largest absolute Gasteiger partial charge is 0.348 e. The summed E-state index contributed by atoms with van der Waals surface area (Å²) < 4.78 is 24.7. The summed E-state index contributed by atoms with van der Waals surface area (Å²) in [4.78, 5) is 28.7. The number of hydrogen-bond donors (Lipinski definition) is 2. The molecule has 0 amide bonds. The van der Waals surface area contributed by atoms with E-state index in [0.717, 1.165) is 5.41 Å². The fourth-order valence-electron chi connectivity index (χ4n) is 2.16. The summed E-state index contributed by atoms with van der Waals surface area (Å²) in [5, 5.41) is 1.34. The number of hydrogen-bond acceptors (Lipinski definition) is 4. The molecule has 0 spiro atoms. The molecule has 2 aromatic carbocycles. The number of nitrogens with one attached hydrogen (secondary N) is 2. The maximum atomic E-state index is 12.4. The molecule has 0 fully saturated rings. The fourth-order valence-corrected chi connectivity index (χ4v) is 3.15. The number of sulfonamides is 1. The van der Waals surface area contributed by atoms with Crippen molar-refractivity contribution < 1.29 is 8.42 Å². The number of aromatic nitrogens is 2. The molecule has 3 rings (SSSR count). The van der Waals surface area contributed by atoms with Crippen LogP contribution in [-0.2, 0) is 10.0 Å². The van der Waals surface area contributed by atoms with Gasteiger partial charge in [0, 0.05) is 5.02 Å². The molecule has 3 aromatic rings. The smallest absolute Gasteiger partial charge is 0.305 e. The summed E-state index contributed by atoms with van der Waals surface area (Å²) in [6.07, 6.45) is 1.35. The molecule has 1 heterocycles. The molecule has 25 heavy (non-hydrogen) atoms. The number of rotatable bonds is 4. The normalized spacial score (nSPS) is 11.9. The topological polar surface area (TPSA) is 101 Å². The van der Waals surface area contributed by atoms with E-state index in [-0.39, 0.29) is 10.9 Å². The summed E-state index contributed by atoms with van der Waals surface area (Å²) >= 11 is 5.82. The van der Waals surface area contributed by atoms with Crippen LogP contribution in [0.4, 0.5) is 0 Å². The first kappa shape index (κ1) is 17.0. The third kappa shape index (κ3) is 3.81. The highest BCUT2D eigenvalue weighted by atomic mass is 35.5. The predicted octanol–water partition coefficient (Wildman–Crippen LogP) is 1.89. The lowest BCUT2D eigenvalue weighted by atomic mass is 10.2. The van der Waals surface area contributed by atoms with E-state index in [4.69, 9.17) is 11.6 Å². The van der Waals surface area contributed by atoms with Gasteiger partial charge in [-0.2, -0.15) is 4.68 Å². The number of halogens is 1. The monoisotopic (exact) mass is 377 g/mol. The maximum absolute atomic E-state index is 12.4. The second kappa shape index (κ2) is 6.58. The van der Waals surface area contributed by atoms with Crippen molar-refractivity contribution in [2.75, 3.05) is 4.83 Å². The van der Waals surface area contributed by atoms with Crippen LogP contribution < -0.4 is 16.1 Å². The Morgan fingerprint density at radius 2 is 1.80 bits per heavy atom. The van der Waals surface area contributed by atoms with E-state index < -0.39 is 21.3 Å². The zero-order chi connectivity index (χ0) is 18.0. The van der Waals surface area contributed by atoms with E-state index in [2.05, 4.69) is 4.98 Å². The van der Waals surface area contributed by atoms with E-state index in [1.165, 1.54) is 24.3 Å². The van der Waals surface area contributed by atoms with Crippen molar-refractivity contribution >= 4 is 38.6 Å². The summed E-state index contributed by atoms with van der Waals surface area (Å²) in [5.41, 5.74) is -0.844. The SMILES string of the molecule is O=c1[nH]c2cc(Cl)ccc2c(=O)n1NS(=O)(=O)C=Cc1ccccc1. The summed E-state index contributed by atoms with van der Waals surface area (Å²) in [6, 6.07) is 13.0. The van der Waals surface area contributed by atoms with Crippen molar-refractivity contribution in [3.63, 3.8) is 0 Å². The second-order valence-corrected chi connectivity index (χ2v) is 7.09. The molecule has 0 unspecified atom stereocenters. The van der Waals surface area contributed by atoms with Gasteiger partial charge < -0.3 is 4.98 Å². The minimum Gasteiger partial charge on any atom is -0.305 e. The van der Waals surface area contributed by atoms with Gasteiger partial charge in [0.25, 0.3) is 15.6 Å². The van der Waals surface area contributed by atoms with Crippen LogP contribution in [0.3, 0.4) is 0 Å². The minimum atomic E-state index is -4.07. The van der Waals surface area contributed by atoms with Crippen LogP contribution in [0.25, 0.3) is 17.0 Å². The highest BCUT2D eigenvalue weighted by Crippen LogP contribution is 2.13. The number of fused-ring (bicyclic) bond motifs is 1. The van der Waals surface area contributed by atoms with E-state index >= 15 is 0 Å². The van der Waals surface area contributed by atoms with Crippen LogP contribution in [0.1, 0.15) is 5.56 Å². The molecule has 0 bridgehead atoms. The van der Waals surface area contributed by atoms with Crippen LogP contribution >= 0.6 is 11.6 Å². The van der Waals surface area contributed by atoms with Crippen LogP contribution in [0.2, 0.25) is 5.02 Å². The number of H-pyrrole nitrogens is 1. The molecule has 9 heteroatoms. The first-order chi connectivity index (χ1) is 11.9. The molecule has 2 N–H and O–H groups in total. The van der Waals surface area contributed by atoms with Gasteiger partial charge in [-0.1, -0.05) is 41.9 Å². The second-order valence-electron chi connectivity index (χ2n) is 5.11. The number of benzene rings is 2. The highest BCUT2D eigenvalue weighted by Gasteiger charge is 2.13. The lowest BCUT2D eigenvalue weighted by Crippen LogP contribution is -2.43. The Labute approximate surface area is 147 Å². The van der Waals surface area contributed by atoms with Crippen molar-refractivity contribution in [1.82, 2.24) is 9.66 Å². The van der Waals surface area contributed by atoms with Gasteiger partial charge >= 0.3 is 5.69 Å². The van der Waals surface area contributed by atoms with Crippen molar-refractivity contribution in [1.29, 1.82) is 0 Å². The molecular weight excluding hydrogens is 366 g/mol. The van der Waals surface area contributed by atoms with Gasteiger partial charge in [-0.3, -0.25) is 4.79 Å². The van der Waals surface area contributed by atoms with Crippen molar-refractivity contribution in [2.45, 2.75) is 0 Å². The standard InChI is InChI=1S/C16H12ClN3O4S/c17-12-6-7-13-14(10-12)18-16(22)20(15(13)21)19-25(23,24)9-8-11-4-2-1-3-5-11/h1-10,19H,(H,18,22). The Balaban J connectivity index is 2.00. The van der Waals surface area contributed by atoms with Gasteiger partial charge in [-0.15, -0.1) is 0 Å². The Morgan fingerprint density at radius 3 is 2.52 bits per heavy atom. The van der Waals surface area contributed by atoms with Crippen molar-refractivity contribution in [3.05, 3.63) is 85.4 Å². The first-order valence-corrected chi connectivity index (χ1v) is 8.99. The third-order valence-corrected chi connectivity index (χ3v) is 4.48. The molecule has 0 aliphatic rings. The van der Waals surface area contributed by atoms with Gasteiger partial charge in [-0.25, -0.2) is 18.0 Å². The van der Waals surface area contributed by atoms with Crippen LogP contribution in [0.15, 0.2) is 63.5 Å². The fraction of sp³-hybridized carbons (Fsp3) is 0. The predicted molar refractivity (Wildman–Crippen MR) is 97.6 cm³/mol. The highest BCUT2D eigenvalue weighted by molar-refractivity contribution is 7.95. The van der Waals surface area contributed by atoms with Crippen molar-refractivity contribution in [2.24, 2.45) is 0 Å². The molecule has 0 saturated heterocycles. The van der Waals surface area contributed by atoms with E-state index in [1.807, 2.05) is 4.83 Å². The van der Waals surface area contributed by atoms with E-state index in [0.29, 0.717) is 15.3 Å². The molecule has 0 aliphatic carbocycles. The lowest BCUT2D eigenvalue weighted by molar-refractivity contribution is 0.601. The van der Waals surface area contributed by atoms with E-state index in [1.54, 1.807) is 30.3 Å². The Kier molecular flexibility index (Phi) is 4.47. The zero-order valence-corrected chi connectivity index (χ0v) is 14.2.